The second-order valence-electron chi connectivity index (χ2n) is 13.5. The summed E-state index contributed by atoms with van der Waals surface area (Å²) in [5.74, 6) is 0.911. The molecule has 10 atom stereocenters. The molecule has 41 heavy (non-hydrogen) atoms. The quantitative estimate of drug-likeness (QED) is 0.487. The number of likely N-dealkylation sites (tertiary alicyclic amines) is 1. The molecule has 4 heterocycles. The molecule has 0 bridgehead atoms. The Hall–Kier alpha value is -2.23. The minimum atomic E-state index is -1.26. The lowest BCUT2D eigenvalue weighted by Gasteiger charge is -2.61. The molecular weight excluding hydrogens is 523 g/mol. The molecule has 1 amide bonds. The summed E-state index contributed by atoms with van der Waals surface area (Å²) in [4.78, 5) is 32.0. The highest BCUT2D eigenvalue weighted by Gasteiger charge is 2.59. The number of alkyl halides is 1. The lowest BCUT2D eigenvalue weighted by Crippen LogP contribution is -2.73. The van der Waals surface area contributed by atoms with Crippen LogP contribution in [0, 0.1) is 17.8 Å². The fourth-order valence-electron chi connectivity index (χ4n) is 9.12. The molecule has 2 saturated heterocycles. The van der Waals surface area contributed by atoms with Gasteiger partial charge in [0, 0.05) is 24.7 Å². The molecule has 3 saturated carbocycles. The van der Waals surface area contributed by atoms with Crippen LogP contribution in [-0.4, -0.2) is 84.2 Å². The van der Waals surface area contributed by atoms with Gasteiger partial charge in [0.15, 0.2) is 5.78 Å². The van der Waals surface area contributed by atoms with Crippen LogP contribution in [0.5, 0.6) is 0 Å². The predicted molar refractivity (Wildman–Crippen MR) is 151 cm³/mol. The van der Waals surface area contributed by atoms with Crippen molar-refractivity contribution >= 4 is 11.7 Å². The first-order chi connectivity index (χ1) is 20.0. The van der Waals surface area contributed by atoms with Gasteiger partial charge in [-0.25, -0.2) is 4.39 Å². The smallest absolute Gasteiger partial charge is 0.256 e. The van der Waals surface area contributed by atoms with Gasteiger partial charge in [-0.3, -0.25) is 9.59 Å². The fraction of sp³-hybridized carbons (Fsp3) is 0.750. The molecule has 6 aliphatic rings. The van der Waals surface area contributed by atoms with Crippen LogP contribution in [0.4, 0.5) is 4.39 Å². The second-order valence-corrected chi connectivity index (χ2v) is 13.5. The Balaban J connectivity index is 1.15. The van der Waals surface area contributed by atoms with Crippen LogP contribution >= 0.6 is 0 Å². The molecule has 0 aromatic carbocycles. The maximum Gasteiger partial charge on any atom is 0.256 e. The van der Waals surface area contributed by atoms with Crippen molar-refractivity contribution in [3.05, 3.63) is 35.9 Å². The Morgan fingerprint density at radius 3 is 2.71 bits per heavy atom. The molecule has 2 N–H and O–H groups in total. The third-order valence-electron chi connectivity index (χ3n) is 11.3. The Morgan fingerprint density at radius 2 is 1.95 bits per heavy atom. The number of halogens is 1. The highest BCUT2D eigenvalue weighted by molar-refractivity contribution is 6.20. The minimum Gasteiger partial charge on any atom is -0.468 e. The summed E-state index contributed by atoms with van der Waals surface area (Å²) in [5.41, 5.74) is 0.199. The maximum atomic E-state index is 16.0. The van der Waals surface area contributed by atoms with E-state index in [-0.39, 0.29) is 41.9 Å². The molecule has 5 fully saturated rings. The number of fused-ring (bicyclic) bond motifs is 3. The standard InChI is InChI=1S/C32H45FN4O4/c1-36-12-4-8-21(36)10-11-34-32(39)24-18-37-26-14-19-6-2-3-7-20(19)15-27(26)41-31-28(35-17-22-9-5-13-40-22)25(33)16-23(29(31)37)30(24)38/h5,9,13,18-21,23,25-29,31,35H,2-4,6-8,10-12,14-17H2,1H3,(H,34,39). The van der Waals surface area contributed by atoms with Gasteiger partial charge in [0.05, 0.1) is 48.7 Å². The highest BCUT2D eigenvalue weighted by Crippen LogP contribution is 2.50. The molecular formula is C32H45FN4O4. The molecule has 9 heteroatoms. The van der Waals surface area contributed by atoms with Crippen LogP contribution in [-0.2, 0) is 20.9 Å². The monoisotopic (exact) mass is 568 g/mol. The van der Waals surface area contributed by atoms with Crippen molar-refractivity contribution in [3.8, 4) is 0 Å². The number of rotatable bonds is 7. The van der Waals surface area contributed by atoms with Crippen LogP contribution < -0.4 is 10.6 Å². The minimum absolute atomic E-state index is 0.0267. The number of ketones is 1. The van der Waals surface area contributed by atoms with Gasteiger partial charge in [-0.15, -0.1) is 0 Å². The number of carbonyl (C=O) groups is 2. The normalized spacial score (nSPS) is 40.4. The molecule has 7 rings (SSSR count). The van der Waals surface area contributed by atoms with E-state index in [1.165, 1.54) is 32.1 Å². The third kappa shape index (κ3) is 5.16. The van der Waals surface area contributed by atoms with Gasteiger partial charge in [0.2, 0.25) is 0 Å². The van der Waals surface area contributed by atoms with Gasteiger partial charge < -0.3 is 29.6 Å². The number of hydrogen-bond donors (Lipinski definition) is 2. The summed E-state index contributed by atoms with van der Waals surface area (Å²) >= 11 is 0. The number of carbonyl (C=O) groups excluding carboxylic acids is 2. The highest BCUT2D eigenvalue weighted by atomic mass is 19.1. The molecule has 1 aromatic heterocycles. The van der Waals surface area contributed by atoms with E-state index >= 15 is 4.39 Å². The van der Waals surface area contributed by atoms with Gasteiger partial charge in [0.25, 0.3) is 5.91 Å². The lowest BCUT2D eigenvalue weighted by molar-refractivity contribution is -0.208. The van der Waals surface area contributed by atoms with Crippen molar-refractivity contribution in [1.29, 1.82) is 0 Å². The maximum absolute atomic E-state index is 16.0. The summed E-state index contributed by atoms with van der Waals surface area (Å²) in [6.45, 7) is 2.04. The Labute approximate surface area is 242 Å². The van der Waals surface area contributed by atoms with Gasteiger partial charge >= 0.3 is 0 Å². The van der Waals surface area contributed by atoms with E-state index in [2.05, 4.69) is 27.5 Å². The summed E-state index contributed by atoms with van der Waals surface area (Å²) in [7, 11) is 2.13. The van der Waals surface area contributed by atoms with Gasteiger partial charge in [-0.1, -0.05) is 25.7 Å². The van der Waals surface area contributed by atoms with Crippen molar-refractivity contribution in [2.45, 2.75) is 113 Å². The number of ether oxygens (including phenoxy) is 1. The molecule has 224 valence electrons. The number of Topliss-reactive ketones (excluding diaryl/α,β-unsaturated/α-hetero) is 1. The molecule has 1 aromatic rings. The number of nitrogens with zero attached hydrogens (tertiary/aromatic N) is 2. The van der Waals surface area contributed by atoms with E-state index in [1.54, 1.807) is 6.26 Å². The topological polar surface area (TPSA) is 87.1 Å². The molecule has 3 aliphatic heterocycles. The number of nitrogens with one attached hydrogen (secondary N) is 2. The number of morpholine rings is 1. The van der Waals surface area contributed by atoms with Crippen LogP contribution in [0.1, 0.15) is 70.0 Å². The van der Waals surface area contributed by atoms with Crippen molar-refractivity contribution in [2.24, 2.45) is 17.8 Å². The Morgan fingerprint density at radius 1 is 1.12 bits per heavy atom. The van der Waals surface area contributed by atoms with E-state index in [1.807, 2.05) is 18.3 Å². The molecule has 0 radical (unpaired) electrons. The average Bonchev–Trinajstić information content (AvgIpc) is 3.64. The number of amides is 1. The van der Waals surface area contributed by atoms with E-state index in [0.29, 0.717) is 31.0 Å². The molecule has 0 spiro atoms. The molecule has 10 unspecified atom stereocenters. The first-order valence-corrected chi connectivity index (χ1v) is 16.0. The van der Waals surface area contributed by atoms with Crippen LogP contribution in [0.25, 0.3) is 0 Å². The zero-order valence-corrected chi connectivity index (χ0v) is 24.2. The van der Waals surface area contributed by atoms with E-state index in [4.69, 9.17) is 9.15 Å². The molecule has 3 aliphatic carbocycles. The van der Waals surface area contributed by atoms with Gasteiger partial charge in [0.1, 0.15) is 11.9 Å². The zero-order valence-electron chi connectivity index (χ0n) is 24.2. The third-order valence-corrected chi connectivity index (χ3v) is 11.3. The first kappa shape index (κ1) is 27.6. The average molecular weight is 569 g/mol. The van der Waals surface area contributed by atoms with Crippen LogP contribution in [0.3, 0.4) is 0 Å². The predicted octanol–water partition coefficient (Wildman–Crippen LogP) is 3.57. The fourth-order valence-corrected chi connectivity index (χ4v) is 9.12. The van der Waals surface area contributed by atoms with Crippen LogP contribution in [0.2, 0.25) is 0 Å². The van der Waals surface area contributed by atoms with Crippen molar-refractivity contribution in [1.82, 2.24) is 20.4 Å². The van der Waals surface area contributed by atoms with Gasteiger partial charge in [-0.05, 0) is 76.1 Å². The number of furan rings is 1. The van der Waals surface area contributed by atoms with E-state index in [9.17, 15) is 9.59 Å². The summed E-state index contributed by atoms with van der Waals surface area (Å²) < 4.78 is 28.3. The summed E-state index contributed by atoms with van der Waals surface area (Å²) in [6, 6.07) is 3.47. The van der Waals surface area contributed by atoms with E-state index in [0.717, 1.165) is 38.0 Å². The summed E-state index contributed by atoms with van der Waals surface area (Å²) in [6.07, 6.45) is 12.0. The van der Waals surface area contributed by atoms with E-state index < -0.39 is 24.2 Å². The molecule has 8 nitrogen and oxygen atoms in total. The Kier molecular flexibility index (Phi) is 7.71. The van der Waals surface area contributed by atoms with Crippen molar-refractivity contribution < 1.29 is 23.1 Å². The lowest BCUT2D eigenvalue weighted by atomic mass is 9.65. The number of hydrogen-bond acceptors (Lipinski definition) is 7. The van der Waals surface area contributed by atoms with Crippen molar-refractivity contribution in [3.63, 3.8) is 0 Å². The van der Waals surface area contributed by atoms with Crippen molar-refractivity contribution in [2.75, 3.05) is 20.1 Å². The first-order valence-electron chi connectivity index (χ1n) is 16.0. The van der Waals surface area contributed by atoms with Crippen LogP contribution in [0.15, 0.2) is 34.6 Å². The largest absolute Gasteiger partial charge is 0.468 e. The SMILES string of the molecule is CN1CCCC1CCNC(=O)C1=CN2C3CC4CCCCC4CC3OC3C(NCc4ccco4)C(F)CC(C1=O)C32. The second kappa shape index (κ2) is 11.5. The van der Waals surface area contributed by atoms with Gasteiger partial charge in [-0.2, -0.15) is 0 Å². The zero-order chi connectivity index (χ0) is 28.1. The summed E-state index contributed by atoms with van der Waals surface area (Å²) in [5, 5.41) is 6.43. The Bertz CT molecular complexity index is 1140.